The van der Waals surface area contributed by atoms with Crippen LogP contribution in [0.25, 0.3) is 0 Å². The second kappa shape index (κ2) is 13.4. The summed E-state index contributed by atoms with van der Waals surface area (Å²) < 4.78 is 26.5. The number of ether oxygens (including phenoxy) is 2. The maximum Gasteiger partial charge on any atom is 0.257 e. The van der Waals surface area contributed by atoms with E-state index in [-0.39, 0.29) is 61.3 Å². The molecule has 4 rings (SSSR count). The van der Waals surface area contributed by atoms with Gasteiger partial charge in [0.2, 0.25) is 5.91 Å². The number of nitrogens with one attached hydrogen (secondary N) is 1. The maximum absolute atomic E-state index is 14.6. The second-order valence-corrected chi connectivity index (χ2v) is 10.5. The number of benzene rings is 3. The van der Waals surface area contributed by atoms with Crippen molar-refractivity contribution in [2.45, 2.75) is 32.4 Å². The molecule has 0 radical (unpaired) electrons. The lowest BCUT2D eigenvalue weighted by molar-refractivity contribution is -0.115. The van der Waals surface area contributed by atoms with E-state index in [2.05, 4.69) is 5.32 Å². The Bertz CT molecular complexity index is 1380. The molecule has 3 amide bonds. The molecular formula is C32H36FN3O5. The molecule has 8 nitrogen and oxygen atoms in total. The van der Waals surface area contributed by atoms with E-state index in [0.29, 0.717) is 11.3 Å². The van der Waals surface area contributed by atoms with Gasteiger partial charge >= 0.3 is 0 Å². The van der Waals surface area contributed by atoms with Gasteiger partial charge in [-0.05, 0) is 36.8 Å². The quantitative estimate of drug-likeness (QED) is 0.490. The fourth-order valence-corrected chi connectivity index (χ4v) is 4.91. The molecule has 3 aromatic carbocycles. The normalized spacial score (nSPS) is 19.8. The highest BCUT2D eigenvalue weighted by Crippen LogP contribution is 2.27. The lowest BCUT2D eigenvalue weighted by Crippen LogP contribution is -2.48. The molecule has 3 atom stereocenters. The summed E-state index contributed by atoms with van der Waals surface area (Å²) in [6.07, 6.45) is -0.186. The van der Waals surface area contributed by atoms with Crippen LogP contribution in [0.2, 0.25) is 0 Å². The van der Waals surface area contributed by atoms with E-state index in [1.165, 1.54) is 12.1 Å². The predicted octanol–water partition coefficient (Wildman–Crippen LogP) is 4.65. The molecule has 1 aliphatic heterocycles. The molecule has 1 N–H and O–H groups in total. The van der Waals surface area contributed by atoms with Crippen LogP contribution in [0.4, 0.5) is 10.1 Å². The van der Waals surface area contributed by atoms with E-state index in [1.807, 2.05) is 44.2 Å². The first-order chi connectivity index (χ1) is 19.7. The number of carbonyl (C=O) groups excluding carboxylic acids is 3. The summed E-state index contributed by atoms with van der Waals surface area (Å²) >= 11 is 0. The molecule has 41 heavy (non-hydrogen) atoms. The third-order valence-electron chi connectivity index (χ3n) is 7.30. The molecule has 0 spiro atoms. The van der Waals surface area contributed by atoms with Crippen molar-refractivity contribution in [3.63, 3.8) is 0 Å². The summed E-state index contributed by atoms with van der Waals surface area (Å²) in [6.45, 7) is 4.32. The Morgan fingerprint density at radius 2 is 1.73 bits per heavy atom. The predicted molar refractivity (Wildman–Crippen MR) is 155 cm³/mol. The topological polar surface area (TPSA) is 88.2 Å². The van der Waals surface area contributed by atoms with Gasteiger partial charge in [0.25, 0.3) is 11.8 Å². The highest BCUT2D eigenvalue weighted by molar-refractivity contribution is 5.99. The van der Waals surface area contributed by atoms with Gasteiger partial charge in [-0.1, -0.05) is 49.4 Å². The third kappa shape index (κ3) is 7.29. The summed E-state index contributed by atoms with van der Waals surface area (Å²) in [6, 6.07) is 19.7. The molecule has 0 saturated carbocycles. The number of nitrogens with zero attached hydrogens (tertiary/aromatic N) is 2. The number of methoxy groups -OCH3 is 1. The smallest absolute Gasteiger partial charge is 0.257 e. The molecule has 216 valence electrons. The zero-order chi connectivity index (χ0) is 29.5. The molecule has 0 saturated heterocycles. The first-order valence-corrected chi connectivity index (χ1v) is 13.6. The van der Waals surface area contributed by atoms with Crippen LogP contribution in [-0.2, 0) is 16.0 Å². The van der Waals surface area contributed by atoms with Crippen molar-refractivity contribution in [3.8, 4) is 5.75 Å². The summed E-state index contributed by atoms with van der Waals surface area (Å²) in [5.74, 6) is -1.42. The van der Waals surface area contributed by atoms with Gasteiger partial charge in [0.1, 0.15) is 18.2 Å². The van der Waals surface area contributed by atoms with Crippen molar-refractivity contribution in [2.75, 3.05) is 39.2 Å². The molecular weight excluding hydrogens is 525 g/mol. The Hall–Kier alpha value is -4.24. The number of likely N-dealkylation sites (N-methyl/N-ethyl adjacent to an activating group) is 1. The SMILES string of the molecule is CO[C@@H]1CN(C)C(=O)c2ccc(NC(=O)Cc3ccccc3)cc2OC[C@H](C)N(C(=O)c2ccccc2F)C[C@H]1C. The van der Waals surface area contributed by atoms with Crippen molar-refractivity contribution >= 4 is 23.4 Å². The Morgan fingerprint density at radius 3 is 2.44 bits per heavy atom. The third-order valence-corrected chi connectivity index (χ3v) is 7.30. The molecule has 1 aliphatic rings. The fourth-order valence-electron chi connectivity index (χ4n) is 4.91. The first kappa shape index (κ1) is 29.7. The standard InChI is InChI=1S/C32H36FN3O5/c1-21-18-36(32(39)25-12-8-9-13-27(25)33)22(2)20-41-28-17-24(34-30(37)16-23-10-6-5-7-11-23)14-15-26(28)31(38)35(3)19-29(21)40-4/h5-15,17,21-22,29H,16,18-20H2,1-4H3,(H,34,37)/t21-,22+,29-/m1/s1. The van der Waals surface area contributed by atoms with Gasteiger partial charge in [-0.3, -0.25) is 14.4 Å². The van der Waals surface area contributed by atoms with Gasteiger partial charge in [0, 0.05) is 44.9 Å². The Balaban J connectivity index is 1.64. The lowest BCUT2D eigenvalue weighted by Gasteiger charge is -2.36. The summed E-state index contributed by atoms with van der Waals surface area (Å²) in [5.41, 5.74) is 1.64. The molecule has 3 aromatic rings. The van der Waals surface area contributed by atoms with Crippen molar-refractivity contribution < 1.29 is 28.2 Å². The number of rotatable bonds is 5. The van der Waals surface area contributed by atoms with Crippen LogP contribution < -0.4 is 10.1 Å². The summed E-state index contributed by atoms with van der Waals surface area (Å²) in [7, 11) is 3.25. The number of anilines is 1. The fraction of sp³-hybridized carbons (Fsp3) is 0.344. The van der Waals surface area contributed by atoms with Crippen LogP contribution in [0.5, 0.6) is 5.75 Å². The van der Waals surface area contributed by atoms with E-state index in [4.69, 9.17) is 9.47 Å². The Kier molecular flexibility index (Phi) is 9.73. The lowest BCUT2D eigenvalue weighted by atomic mass is 10.0. The number of hydrogen-bond donors (Lipinski definition) is 1. The van der Waals surface area contributed by atoms with Crippen molar-refractivity contribution in [1.29, 1.82) is 0 Å². The number of halogens is 1. The number of hydrogen-bond acceptors (Lipinski definition) is 5. The van der Waals surface area contributed by atoms with Gasteiger partial charge in [0.15, 0.2) is 0 Å². The zero-order valence-electron chi connectivity index (χ0n) is 23.8. The zero-order valence-corrected chi connectivity index (χ0v) is 23.8. The maximum atomic E-state index is 14.6. The Labute approximate surface area is 240 Å². The van der Waals surface area contributed by atoms with Gasteiger partial charge in [0.05, 0.1) is 29.7 Å². The van der Waals surface area contributed by atoms with Crippen molar-refractivity contribution in [2.24, 2.45) is 5.92 Å². The minimum atomic E-state index is -0.598. The van der Waals surface area contributed by atoms with Gasteiger partial charge < -0.3 is 24.6 Å². The average molecular weight is 562 g/mol. The minimum absolute atomic E-state index is 0.0243. The molecule has 0 aromatic heterocycles. The van der Waals surface area contributed by atoms with E-state index in [9.17, 15) is 18.8 Å². The van der Waals surface area contributed by atoms with Crippen LogP contribution in [0, 0.1) is 11.7 Å². The molecule has 0 fully saturated rings. The van der Waals surface area contributed by atoms with Crippen LogP contribution in [0.3, 0.4) is 0 Å². The second-order valence-electron chi connectivity index (χ2n) is 10.5. The minimum Gasteiger partial charge on any atom is -0.491 e. The molecule has 0 bridgehead atoms. The highest BCUT2D eigenvalue weighted by Gasteiger charge is 2.31. The molecule has 0 unspecified atom stereocenters. The molecule has 0 aliphatic carbocycles. The van der Waals surface area contributed by atoms with E-state index < -0.39 is 17.8 Å². The summed E-state index contributed by atoms with van der Waals surface area (Å²) in [5, 5.41) is 2.87. The molecule has 1 heterocycles. The van der Waals surface area contributed by atoms with Crippen LogP contribution >= 0.6 is 0 Å². The van der Waals surface area contributed by atoms with Gasteiger partial charge in [-0.2, -0.15) is 0 Å². The number of fused-ring (bicyclic) bond motifs is 1. The Morgan fingerprint density at radius 1 is 1.02 bits per heavy atom. The highest BCUT2D eigenvalue weighted by atomic mass is 19.1. The monoisotopic (exact) mass is 561 g/mol. The van der Waals surface area contributed by atoms with E-state index in [1.54, 1.807) is 54.3 Å². The van der Waals surface area contributed by atoms with E-state index in [0.717, 1.165) is 5.56 Å². The number of carbonyl (C=O) groups is 3. The average Bonchev–Trinajstić information content (AvgIpc) is 2.96. The number of amides is 3. The van der Waals surface area contributed by atoms with Crippen LogP contribution in [0.1, 0.15) is 40.1 Å². The summed E-state index contributed by atoms with van der Waals surface area (Å²) in [4.78, 5) is 42.8. The van der Waals surface area contributed by atoms with Crippen LogP contribution in [-0.4, -0.2) is 73.5 Å². The van der Waals surface area contributed by atoms with Crippen molar-refractivity contribution in [1.82, 2.24) is 9.80 Å². The molecule has 9 heteroatoms. The van der Waals surface area contributed by atoms with Gasteiger partial charge in [-0.15, -0.1) is 0 Å². The van der Waals surface area contributed by atoms with Crippen LogP contribution in [0.15, 0.2) is 72.8 Å². The largest absolute Gasteiger partial charge is 0.491 e. The van der Waals surface area contributed by atoms with Crippen molar-refractivity contribution in [3.05, 3.63) is 95.3 Å². The van der Waals surface area contributed by atoms with Gasteiger partial charge in [-0.25, -0.2) is 4.39 Å². The van der Waals surface area contributed by atoms with E-state index >= 15 is 0 Å². The first-order valence-electron chi connectivity index (χ1n) is 13.6.